The molecule has 4 heterocycles. The van der Waals surface area contributed by atoms with Crippen LogP contribution in [-0.4, -0.2) is 15.8 Å². The Balaban J connectivity index is 1.08. The summed E-state index contributed by atoms with van der Waals surface area (Å²) < 4.78 is 5.24. The van der Waals surface area contributed by atoms with Crippen LogP contribution >= 0.6 is 0 Å². The van der Waals surface area contributed by atoms with Crippen molar-refractivity contribution in [3.05, 3.63) is 354 Å². The number of aromatic nitrogens is 2. The van der Waals surface area contributed by atoms with E-state index in [0.29, 0.717) is 0 Å². The summed E-state index contributed by atoms with van der Waals surface area (Å²) >= 11 is 0. The predicted molar refractivity (Wildman–Crippen MR) is 533 cm³/mol. The molecule has 2 aliphatic heterocycles. The van der Waals surface area contributed by atoms with Crippen molar-refractivity contribution >= 4 is 101 Å². The molecule has 17 aromatic rings. The molecule has 15 aromatic carbocycles. The average Bonchev–Trinajstić information content (AvgIpc) is 0.945. The Bertz CT molecular complexity index is 6360. The third-order valence-corrected chi connectivity index (χ3v) is 26.5. The Morgan fingerprint density at radius 1 is 0.187 bits per heavy atom. The lowest BCUT2D eigenvalue weighted by atomic mass is 9.31. The Labute approximate surface area is 730 Å². The first-order valence-electron chi connectivity index (χ1n) is 44.5. The standard InChI is InChI=1S/C118H115BN4/c1-112(2,3)80-52-56-99-95(60-80)96-61-81(113(4,5)6)53-57-100(96)120(99)87-70-89(74-40-28-22-29-41-74)107-105(72-87)122(110-91(76-44-32-24-33-45-76)64-84(116(13,14)15)65-92(110)77-46-34-25-35-47-77)103-68-86(118(19,20)21)69-104-109(103)119(107)108-90(75-42-30-23-31-43-75)71-88(121-101-58-54-82(114(7,8)9)62-97(101)98-63-83(115(10,11)12)55-59-102(98)121)73-106(108)123(104)111-93(78-48-36-26-37-49-78)66-85(117(16,17)18)67-94(111)79-50-38-27-39-51-79/h22-73H,1-21H3. The second-order valence-electron chi connectivity index (χ2n) is 42.3. The minimum atomic E-state index is -0.429. The summed E-state index contributed by atoms with van der Waals surface area (Å²) in [4.78, 5) is 5.62. The SMILES string of the molecule is CC(C)(C)c1cc(-c2ccccc2)c(N2c3cc(-n4c5ccc(C(C)(C)C)cc5c5cc(C(C)(C)C)ccc54)cc(-c4ccccc4)c3B3c4c(-c5ccccc5)cc(-n5c6ccc(C(C)(C)C)cc6c6cc(C(C)(C)C)ccc65)cc4N(c4c(-c5ccccc5)cc(C(C)(C)C)cc4-c4ccccc4)c4cc(C(C)(C)C)cc2c43)c(-c2ccccc2)c1. The number of hydrogen-bond acceptors (Lipinski definition) is 2. The van der Waals surface area contributed by atoms with Gasteiger partial charge in [-0.1, -0.05) is 352 Å². The van der Waals surface area contributed by atoms with Gasteiger partial charge in [0.2, 0.25) is 0 Å². The molecule has 0 fully saturated rings. The molecule has 0 bridgehead atoms. The highest BCUT2D eigenvalue weighted by Gasteiger charge is 2.49. The summed E-state index contributed by atoms with van der Waals surface area (Å²) in [7, 11) is 0. The molecule has 0 aliphatic carbocycles. The summed E-state index contributed by atoms with van der Waals surface area (Å²) in [6, 6.07) is 124. The van der Waals surface area contributed by atoms with Gasteiger partial charge < -0.3 is 18.9 Å². The summed E-state index contributed by atoms with van der Waals surface area (Å²) in [5.74, 6) is 0. The van der Waals surface area contributed by atoms with E-state index in [-0.39, 0.29) is 32.5 Å². The zero-order valence-corrected chi connectivity index (χ0v) is 75.9. The van der Waals surface area contributed by atoms with E-state index in [1.165, 1.54) is 98.9 Å². The van der Waals surface area contributed by atoms with E-state index in [2.05, 4.69) is 480 Å². The Kier molecular flexibility index (Phi) is 19.0. The molecule has 0 amide bonds. The van der Waals surface area contributed by atoms with Crippen molar-refractivity contribution in [1.82, 2.24) is 9.13 Å². The van der Waals surface area contributed by atoms with Crippen LogP contribution in [0, 0.1) is 0 Å². The molecule has 0 radical (unpaired) electrons. The van der Waals surface area contributed by atoms with Crippen molar-refractivity contribution in [3.8, 4) is 78.1 Å². The third-order valence-electron chi connectivity index (χ3n) is 26.5. The van der Waals surface area contributed by atoms with Gasteiger partial charge in [0.1, 0.15) is 0 Å². The molecule has 2 aromatic heterocycles. The van der Waals surface area contributed by atoms with Crippen LogP contribution in [-0.2, 0) is 37.9 Å². The van der Waals surface area contributed by atoms with Gasteiger partial charge in [-0.25, -0.2) is 0 Å². The van der Waals surface area contributed by atoms with E-state index in [4.69, 9.17) is 0 Å². The fraction of sp³-hybridized carbons (Fsp3) is 0.237. The second kappa shape index (κ2) is 29.1. The molecule has 2 aliphatic rings. The van der Waals surface area contributed by atoms with Gasteiger partial charge in [0, 0.05) is 77.9 Å². The summed E-state index contributed by atoms with van der Waals surface area (Å²) in [6.45, 7) is 49.3. The van der Waals surface area contributed by atoms with Gasteiger partial charge in [0.25, 0.3) is 6.71 Å². The van der Waals surface area contributed by atoms with Gasteiger partial charge in [0.05, 0.1) is 33.4 Å². The van der Waals surface area contributed by atoms with Crippen LogP contribution in [0.25, 0.3) is 122 Å². The summed E-state index contributed by atoms with van der Waals surface area (Å²) in [5, 5.41) is 4.99. The highest BCUT2D eigenvalue weighted by molar-refractivity contribution is 7.02. The highest BCUT2D eigenvalue weighted by atomic mass is 15.2. The first kappa shape index (κ1) is 80.3. The van der Waals surface area contributed by atoms with Crippen molar-refractivity contribution in [2.45, 2.75) is 183 Å². The van der Waals surface area contributed by atoms with Gasteiger partial charge >= 0.3 is 0 Å². The largest absolute Gasteiger partial charge is 0.310 e. The lowest BCUT2D eigenvalue weighted by Gasteiger charge is -2.48. The maximum absolute atomic E-state index is 2.81. The number of benzene rings is 15. The second-order valence-corrected chi connectivity index (χ2v) is 42.3. The third kappa shape index (κ3) is 13.9. The van der Waals surface area contributed by atoms with Gasteiger partial charge in [-0.05, 0) is 247 Å². The van der Waals surface area contributed by atoms with Crippen LogP contribution in [0.4, 0.5) is 34.1 Å². The Morgan fingerprint density at radius 2 is 0.398 bits per heavy atom. The van der Waals surface area contributed by atoms with E-state index in [1.54, 1.807) is 0 Å². The number of rotatable bonds is 10. The van der Waals surface area contributed by atoms with Crippen LogP contribution in [0.1, 0.15) is 184 Å². The first-order chi connectivity index (χ1) is 58.4. The van der Waals surface area contributed by atoms with Gasteiger partial charge in [-0.15, -0.1) is 0 Å². The maximum atomic E-state index is 2.81. The Hall–Kier alpha value is -12.4. The molecule has 5 heteroatoms. The molecule has 0 N–H and O–H groups in total. The molecule has 4 nitrogen and oxygen atoms in total. The van der Waals surface area contributed by atoms with Crippen molar-refractivity contribution in [2.75, 3.05) is 9.80 Å². The molecule has 123 heavy (non-hydrogen) atoms. The van der Waals surface area contributed by atoms with Crippen LogP contribution in [0.15, 0.2) is 315 Å². The van der Waals surface area contributed by atoms with Crippen LogP contribution < -0.4 is 26.2 Å². The normalized spacial score (nSPS) is 13.4. The topological polar surface area (TPSA) is 16.3 Å². The van der Waals surface area contributed by atoms with E-state index in [1.807, 2.05) is 0 Å². The van der Waals surface area contributed by atoms with Crippen molar-refractivity contribution in [3.63, 3.8) is 0 Å². The van der Waals surface area contributed by atoms with Crippen molar-refractivity contribution in [1.29, 1.82) is 0 Å². The zero-order valence-electron chi connectivity index (χ0n) is 75.9. The molecule has 610 valence electrons. The van der Waals surface area contributed by atoms with Crippen molar-refractivity contribution < 1.29 is 0 Å². The molecule has 0 spiro atoms. The molecular formula is C118H115BN4. The smallest absolute Gasteiger partial charge is 0.253 e. The molecule has 0 atom stereocenters. The Morgan fingerprint density at radius 3 is 0.626 bits per heavy atom. The molecular weight excluding hydrogens is 1480 g/mol. The lowest BCUT2D eigenvalue weighted by Crippen LogP contribution is -2.62. The van der Waals surface area contributed by atoms with Crippen LogP contribution in [0.3, 0.4) is 0 Å². The lowest BCUT2D eigenvalue weighted by molar-refractivity contribution is 0.590. The minimum Gasteiger partial charge on any atom is -0.310 e. The van der Waals surface area contributed by atoms with Gasteiger partial charge in [-0.2, -0.15) is 0 Å². The molecule has 0 saturated carbocycles. The monoisotopic (exact) mass is 1600 g/mol. The fourth-order valence-electron chi connectivity index (χ4n) is 19.5. The van der Waals surface area contributed by atoms with Crippen LogP contribution in [0.2, 0.25) is 0 Å². The zero-order chi connectivity index (χ0) is 86.1. The van der Waals surface area contributed by atoms with E-state index >= 15 is 0 Å². The first-order valence-corrected chi connectivity index (χ1v) is 44.5. The highest BCUT2D eigenvalue weighted by Crippen LogP contribution is 2.58. The van der Waals surface area contributed by atoms with Gasteiger partial charge in [0.15, 0.2) is 0 Å². The van der Waals surface area contributed by atoms with Gasteiger partial charge in [-0.3, -0.25) is 0 Å². The number of hydrogen-bond donors (Lipinski definition) is 0. The number of fused-ring (bicyclic) bond motifs is 10. The van der Waals surface area contributed by atoms with E-state index in [0.717, 1.165) is 112 Å². The fourth-order valence-corrected chi connectivity index (χ4v) is 19.5. The molecule has 19 rings (SSSR count). The average molecular weight is 1600 g/mol. The number of nitrogens with zero attached hydrogens (tertiary/aromatic N) is 4. The summed E-state index contributed by atoms with van der Waals surface area (Å²) in [5.41, 5.74) is 38.7. The number of anilines is 6. The quantitative estimate of drug-likeness (QED) is 0.127. The van der Waals surface area contributed by atoms with E-state index < -0.39 is 12.1 Å². The van der Waals surface area contributed by atoms with Crippen molar-refractivity contribution in [2.24, 2.45) is 0 Å². The predicted octanol–water partition coefficient (Wildman–Crippen LogP) is 31.0. The van der Waals surface area contributed by atoms with E-state index in [9.17, 15) is 0 Å². The van der Waals surface area contributed by atoms with Crippen LogP contribution in [0.5, 0.6) is 0 Å². The maximum Gasteiger partial charge on any atom is 0.253 e. The molecule has 0 saturated heterocycles. The molecule has 0 unspecified atom stereocenters. The minimum absolute atomic E-state index is 0.103. The summed E-state index contributed by atoms with van der Waals surface area (Å²) in [6.07, 6.45) is 0.